The summed E-state index contributed by atoms with van der Waals surface area (Å²) in [5, 5.41) is 17.0. The SMILES string of the molecule is CCCCCCn1nnc(C(=O)O)c1Cc1ccc(F)cc1. The molecule has 0 fully saturated rings. The molecule has 0 aliphatic carbocycles. The van der Waals surface area contributed by atoms with Gasteiger partial charge in [0.1, 0.15) is 5.82 Å². The van der Waals surface area contributed by atoms with Crippen LogP contribution < -0.4 is 0 Å². The Labute approximate surface area is 128 Å². The minimum atomic E-state index is -1.09. The first-order valence-electron chi connectivity index (χ1n) is 7.52. The van der Waals surface area contributed by atoms with Crippen LogP contribution >= 0.6 is 0 Å². The van der Waals surface area contributed by atoms with E-state index < -0.39 is 5.97 Å². The van der Waals surface area contributed by atoms with E-state index in [1.54, 1.807) is 16.8 Å². The van der Waals surface area contributed by atoms with Gasteiger partial charge in [0.05, 0.1) is 5.69 Å². The second-order valence-electron chi connectivity index (χ2n) is 5.28. The van der Waals surface area contributed by atoms with Gasteiger partial charge in [-0.1, -0.05) is 43.5 Å². The minimum Gasteiger partial charge on any atom is -0.476 e. The summed E-state index contributed by atoms with van der Waals surface area (Å²) >= 11 is 0. The van der Waals surface area contributed by atoms with Gasteiger partial charge in [0, 0.05) is 13.0 Å². The molecule has 0 spiro atoms. The molecule has 0 aliphatic heterocycles. The average Bonchev–Trinajstić information content (AvgIpc) is 2.89. The van der Waals surface area contributed by atoms with Gasteiger partial charge in [0.25, 0.3) is 0 Å². The average molecular weight is 305 g/mol. The van der Waals surface area contributed by atoms with Crippen molar-refractivity contribution in [2.75, 3.05) is 0 Å². The van der Waals surface area contributed by atoms with Crippen LogP contribution in [0.1, 0.15) is 54.4 Å². The van der Waals surface area contributed by atoms with Gasteiger partial charge in [0.15, 0.2) is 5.69 Å². The van der Waals surface area contributed by atoms with Crippen molar-refractivity contribution in [3.8, 4) is 0 Å². The normalized spacial score (nSPS) is 10.8. The maximum atomic E-state index is 13.0. The summed E-state index contributed by atoms with van der Waals surface area (Å²) in [5.41, 5.74) is 1.37. The third-order valence-electron chi connectivity index (χ3n) is 3.55. The molecule has 118 valence electrons. The van der Waals surface area contributed by atoms with Crippen LogP contribution in [0.3, 0.4) is 0 Å². The van der Waals surface area contributed by atoms with Crippen molar-refractivity contribution in [2.45, 2.75) is 45.6 Å². The van der Waals surface area contributed by atoms with Crippen LogP contribution in [0.15, 0.2) is 24.3 Å². The summed E-state index contributed by atoms with van der Waals surface area (Å²) in [4.78, 5) is 11.3. The van der Waals surface area contributed by atoms with Gasteiger partial charge in [-0.25, -0.2) is 13.9 Å². The van der Waals surface area contributed by atoms with Gasteiger partial charge < -0.3 is 5.11 Å². The summed E-state index contributed by atoms with van der Waals surface area (Å²) in [7, 11) is 0. The summed E-state index contributed by atoms with van der Waals surface area (Å²) < 4.78 is 14.6. The molecule has 2 aromatic rings. The fourth-order valence-corrected chi connectivity index (χ4v) is 2.34. The molecule has 0 atom stereocenters. The van der Waals surface area contributed by atoms with Crippen LogP contribution in [0.4, 0.5) is 4.39 Å². The Morgan fingerprint density at radius 1 is 1.23 bits per heavy atom. The number of aromatic nitrogens is 3. The molecule has 5 nitrogen and oxygen atoms in total. The number of carboxylic acid groups (broad SMARTS) is 1. The fourth-order valence-electron chi connectivity index (χ4n) is 2.34. The molecule has 0 saturated heterocycles. The van der Waals surface area contributed by atoms with Crippen molar-refractivity contribution in [1.82, 2.24) is 15.0 Å². The Bertz CT molecular complexity index is 623. The lowest BCUT2D eigenvalue weighted by atomic mass is 10.1. The van der Waals surface area contributed by atoms with E-state index in [9.17, 15) is 14.3 Å². The molecule has 1 aromatic carbocycles. The number of carbonyl (C=O) groups is 1. The number of halogens is 1. The largest absolute Gasteiger partial charge is 0.476 e. The van der Waals surface area contributed by atoms with E-state index in [-0.39, 0.29) is 11.5 Å². The van der Waals surface area contributed by atoms with Gasteiger partial charge in [-0.15, -0.1) is 5.10 Å². The number of aromatic carboxylic acids is 1. The minimum absolute atomic E-state index is 0.0279. The van der Waals surface area contributed by atoms with E-state index in [0.717, 1.165) is 31.2 Å². The first kappa shape index (κ1) is 16.1. The quantitative estimate of drug-likeness (QED) is 0.760. The monoisotopic (exact) mass is 305 g/mol. The number of benzene rings is 1. The van der Waals surface area contributed by atoms with Gasteiger partial charge in [-0.2, -0.15) is 0 Å². The van der Waals surface area contributed by atoms with Gasteiger partial charge >= 0.3 is 5.97 Å². The molecule has 2 rings (SSSR count). The molecule has 0 unspecified atom stereocenters. The lowest BCUT2D eigenvalue weighted by Gasteiger charge is -2.07. The van der Waals surface area contributed by atoms with Crippen LogP contribution in [-0.4, -0.2) is 26.1 Å². The standard InChI is InChI=1S/C16H20FN3O2/c1-2-3-4-5-10-20-14(15(16(21)22)18-19-20)11-12-6-8-13(17)9-7-12/h6-9H,2-5,10-11H2,1H3,(H,21,22). The molecule has 1 aromatic heterocycles. The number of hydrogen-bond acceptors (Lipinski definition) is 3. The number of hydrogen-bond donors (Lipinski definition) is 1. The van der Waals surface area contributed by atoms with E-state index in [0.29, 0.717) is 18.7 Å². The van der Waals surface area contributed by atoms with Crippen LogP contribution in [0, 0.1) is 5.82 Å². The topological polar surface area (TPSA) is 68.0 Å². The summed E-state index contributed by atoms with van der Waals surface area (Å²) in [6.07, 6.45) is 4.68. The number of rotatable bonds is 8. The smallest absolute Gasteiger partial charge is 0.358 e. The van der Waals surface area contributed by atoms with Crippen molar-refractivity contribution >= 4 is 5.97 Å². The van der Waals surface area contributed by atoms with Gasteiger partial charge in [-0.05, 0) is 24.1 Å². The van der Waals surface area contributed by atoms with E-state index in [4.69, 9.17) is 0 Å². The molecule has 1 N–H and O–H groups in total. The Morgan fingerprint density at radius 2 is 1.95 bits per heavy atom. The van der Waals surface area contributed by atoms with Gasteiger partial charge in [-0.3, -0.25) is 0 Å². The predicted octanol–water partition coefficient (Wildman–Crippen LogP) is 3.29. The molecule has 6 heteroatoms. The highest BCUT2D eigenvalue weighted by Crippen LogP contribution is 2.15. The first-order valence-corrected chi connectivity index (χ1v) is 7.52. The highest BCUT2D eigenvalue weighted by Gasteiger charge is 2.19. The third kappa shape index (κ3) is 4.13. The summed E-state index contributed by atoms with van der Waals surface area (Å²) in [5.74, 6) is -1.40. The predicted molar refractivity (Wildman–Crippen MR) is 80.3 cm³/mol. The zero-order valence-electron chi connectivity index (χ0n) is 12.6. The van der Waals surface area contributed by atoms with E-state index in [1.807, 2.05) is 0 Å². The molecule has 0 amide bonds. The molecule has 0 bridgehead atoms. The summed E-state index contributed by atoms with van der Waals surface area (Å²) in [6.45, 7) is 2.79. The van der Waals surface area contributed by atoms with Crippen molar-refractivity contribution in [1.29, 1.82) is 0 Å². The lowest BCUT2D eigenvalue weighted by molar-refractivity contribution is 0.0689. The second kappa shape index (κ2) is 7.68. The van der Waals surface area contributed by atoms with E-state index >= 15 is 0 Å². The Kier molecular flexibility index (Phi) is 5.63. The van der Waals surface area contributed by atoms with Crippen LogP contribution in [0.25, 0.3) is 0 Å². The van der Waals surface area contributed by atoms with Crippen molar-refractivity contribution < 1.29 is 14.3 Å². The second-order valence-corrected chi connectivity index (χ2v) is 5.28. The van der Waals surface area contributed by atoms with Crippen molar-refractivity contribution in [2.24, 2.45) is 0 Å². The fraction of sp³-hybridized carbons (Fsp3) is 0.438. The summed E-state index contributed by atoms with van der Waals surface area (Å²) in [6, 6.07) is 6.03. The van der Waals surface area contributed by atoms with Gasteiger partial charge in [0.2, 0.25) is 0 Å². The Balaban J connectivity index is 2.16. The van der Waals surface area contributed by atoms with Crippen LogP contribution in [0.2, 0.25) is 0 Å². The number of carboxylic acids is 1. The molecular weight excluding hydrogens is 285 g/mol. The van der Waals surface area contributed by atoms with E-state index in [1.165, 1.54) is 12.1 Å². The zero-order valence-corrected chi connectivity index (χ0v) is 12.6. The van der Waals surface area contributed by atoms with Crippen LogP contribution in [0.5, 0.6) is 0 Å². The first-order chi connectivity index (χ1) is 10.6. The molecule has 22 heavy (non-hydrogen) atoms. The zero-order chi connectivity index (χ0) is 15.9. The number of unbranched alkanes of at least 4 members (excludes halogenated alkanes) is 3. The molecule has 0 aliphatic rings. The van der Waals surface area contributed by atoms with E-state index in [2.05, 4.69) is 17.2 Å². The maximum absolute atomic E-state index is 13.0. The number of aryl methyl sites for hydroxylation is 1. The third-order valence-corrected chi connectivity index (χ3v) is 3.55. The molecule has 1 heterocycles. The molecule has 0 radical (unpaired) electrons. The lowest BCUT2D eigenvalue weighted by Crippen LogP contribution is -2.09. The van der Waals surface area contributed by atoms with Crippen molar-refractivity contribution in [3.05, 3.63) is 47.0 Å². The highest BCUT2D eigenvalue weighted by molar-refractivity contribution is 5.86. The highest BCUT2D eigenvalue weighted by atomic mass is 19.1. The van der Waals surface area contributed by atoms with Crippen LogP contribution in [-0.2, 0) is 13.0 Å². The maximum Gasteiger partial charge on any atom is 0.358 e. The Morgan fingerprint density at radius 3 is 2.59 bits per heavy atom. The molecule has 0 saturated carbocycles. The Hall–Kier alpha value is -2.24. The molecular formula is C16H20FN3O2. The van der Waals surface area contributed by atoms with Crippen molar-refractivity contribution in [3.63, 3.8) is 0 Å². The number of nitrogens with zero attached hydrogens (tertiary/aromatic N) is 3.